The lowest BCUT2D eigenvalue weighted by atomic mass is 10.2. The van der Waals surface area contributed by atoms with Crippen LogP contribution in [0.2, 0.25) is 5.02 Å². The van der Waals surface area contributed by atoms with E-state index in [1.807, 2.05) is 39.1 Å². The Kier molecular flexibility index (Phi) is 6.10. The second kappa shape index (κ2) is 7.10. The van der Waals surface area contributed by atoms with Crippen LogP contribution in [-0.2, 0) is 10.6 Å². The minimum Gasteiger partial charge on any atom is -0.377 e. The van der Waals surface area contributed by atoms with Crippen molar-refractivity contribution in [1.29, 1.82) is 0 Å². The van der Waals surface area contributed by atoms with Crippen LogP contribution in [0.3, 0.4) is 0 Å². The van der Waals surface area contributed by atoms with Crippen molar-refractivity contribution in [2.75, 3.05) is 25.1 Å². The van der Waals surface area contributed by atoms with E-state index < -0.39 is 0 Å². The molecular weight excluding hydrogens is 257 g/mol. The van der Waals surface area contributed by atoms with Crippen LogP contribution in [0.4, 0.5) is 5.69 Å². The Hall–Kier alpha value is -0.440. The quantitative estimate of drug-likeness (QED) is 0.730. The molecule has 1 aromatic rings. The van der Waals surface area contributed by atoms with Gasteiger partial charge in [-0.3, -0.25) is 0 Å². The number of hydrogen-bond acceptors (Lipinski definition) is 2. The number of benzene rings is 1. The van der Waals surface area contributed by atoms with Gasteiger partial charge in [0.25, 0.3) is 0 Å². The van der Waals surface area contributed by atoms with Crippen LogP contribution < -0.4 is 4.90 Å². The van der Waals surface area contributed by atoms with Crippen molar-refractivity contribution >= 4 is 28.9 Å². The molecule has 0 radical (unpaired) electrons. The third-order valence-corrected chi connectivity index (χ3v) is 3.14. The summed E-state index contributed by atoms with van der Waals surface area (Å²) in [6.07, 6.45) is 0.259. The van der Waals surface area contributed by atoms with Crippen molar-refractivity contribution in [3.8, 4) is 0 Å². The number of hydrogen-bond donors (Lipinski definition) is 0. The third kappa shape index (κ3) is 4.38. The first-order chi connectivity index (χ1) is 8.06. The molecule has 0 saturated heterocycles. The zero-order valence-electron chi connectivity index (χ0n) is 10.5. The summed E-state index contributed by atoms with van der Waals surface area (Å²) in [7, 11) is 2.02. The molecule has 0 aliphatic rings. The lowest BCUT2D eigenvalue weighted by Crippen LogP contribution is -2.24. The van der Waals surface area contributed by atoms with E-state index in [1.54, 1.807) is 0 Å². The van der Waals surface area contributed by atoms with Gasteiger partial charge in [0.2, 0.25) is 0 Å². The molecule has 0 N–H and O–H groups in total. The van der Waals surface area contributed by atoms with E-state index in [0.29, 0.717) is 17.5 Å². The highest BCUT2D eigenvalue weighted by atomic mass is 35.5. The Morgan fingerprint density at radius 1 is 1.35 bits per heavy atom. The highest BCUT2D eigenvalue weighted by Gasteiger charge is 2.09. The highest BCUT2D eigenvalue weighted by Crippen LogP contribution is 2.28. The van der Waals surface area contributed by atoms with Crippen molar-refractivity contribution in [3.05, 3.63) is 28.8 Å². The summed E-state index contributed by atoms with van der Waals surface area (Å²) in [5.41, 5.74) is 2.04. The average molecular weight is 276 g/mol. The molecule has 4 heteroatoms. The lowest BCUT2D eigenvalue weighted by Gasteiger charge is -2.23. The van der Waals surface area contributed by atoms with Crippen LogP contribution >= 0.6 is 23.2 Å². The molecular formula is C13H19Cl2NO. The van der Waals surface area contributed by atoms with Gasteiger partial charge in [-0.15, -0.1) is 11.6 Å². The van der Waals surface area contributed by atoms with E-state index in [9.17, 15) is 0 Å². The Labute approximate surface area is 113 Å². The minimum absolute atomic E-state index is 0.259. The summed E-state index contributed by atoms with van der Waals surface area (Å²) in [4.78, 5) is 2.12. The molecule has 0 bridgehead atoms. The Morgan fingerprint density at radius 3 is 2.65 bits per heavy atom. The number of nitrogens with zero attached hydrogens (tertiary/aromatic N) is 1. The summed E-state index contributed by atoms with van der Waals surface area (Å²) in [5, 5.41) is 0.717. The number of anilines is 1. The first-order valence-corrected chi connectivity index (χ1v) is 6.63. The van der Waals surface area contributed by atoms with Gasteiger partial charge in [-0.25, -0.2) is 0 Å². The van der Waals surface area contributed by atoms with Gasteiger partial charge < -0.3 is 9.64 Å². The molecule has 1 aromatic carbocycles. The first-order valence-electron chi connectivity index (χ1n) is 5.72. The van der Waals surface area contributed by atoms with Crippen LogP contribution in [0.5, 0.6) is 0 Å². The SMILES string of the molecule is CC(C)OCCN(C)c1cccc(Cl)c1CCl. The fourth-order valence-electron chi connectivity index (χ4n) is 1.58. The van der Waals surface area contributed by atoms with E-state index >= 15 is 0 Å². The Bertz CT molecular complexity index is 355. The molecule has 0 fully saturated rings. The van der Waals surface area contributed by atoms with E-state index in [2.05, 4.69) is 4.90 Å². The Balaban J connectivity index is 2.68. The standard InChI is InChI=1S/C13H19Cl2NO/c1-10(2)17-8-7-16(3)13-6-4-5-12(15)11(13)9-14/h4-6,10H,7-9H2,1-3H3. The fraction of sp³-hybridized carbons (Fsp3) is 0.538. The smallest absolute Gasteiger partial charge is 0.0644 e. The zero-order valence-corrected chi connectivity index (χ0v) is 12.1. The molecule has 0 aliphatic carbocycles. The van der Waals surface area contributed by atoms with Gasteiger partial charge in [-0.1, -0.05) is 17.7 Å². The lowest BCUT2D eigenvalue weighted by molar-refractivity contribution is 0.0846. The zero-order chi connectivity index (χ0) is 12.8. The largest absolute Gasteiger partial charge is 0.377 e. The van der Waals surface area contributed by atoms with Gasteiger partial charge in [-0.2, -0.15) is 0 Å². The van der Waals surface area contributed by atoms with Gasteiger partial charge in [0.05, 0.1) is 18.6 Å². The van der Waals surface area contributed by atoms with Gasteiger partial charge in [0.15, 0.2) is 0 Å². The number of alkyl halides is 1. The number of halogens is 2. The second-order valence-electron chi connectivity index (χ2n) is 4.21. The van der Waals surface area contributed by atoms with E-state index in [-0.39, 0.29) is 6.10 Å². The maximum atomic E-state index is 6.12. The van der Waals surface area contributed by atoms with Gasteiger partial charge in [0.1, 0.15) is 0 Å². The summed E-state index contributed by atoms with van der Waals surface area (Å²) in [6.45, 7) is 5.58. The fourth-order valence-corrected chi connectivity index (χ4v) is 2.17. The summed E-state index contributed by atoms with van der Waals surface area (Å²) in [5.74, 6) is 0.421. The summed E-state index contributed by atoms with van der Waals surface area (Å²) in [6, 6.07) is 5.83. The normalized spacial score (nSPS) is 10.9. The molecule has 0 atom stereocenters. The van der Waals surface area contributed by atoms with Crippen molar-refractivity contribution in [3.63, 3.8) is 0 Å². The van der Waals surface area contributed by atoms with Crippen molar-refractivity contribution in [2.45, 2.75) is 25.8 Å². The third-order valence-electron chi connectivity index (χ3n) is 2.52. The predicted molar refractivity (Wildman–Crippen MR) is 75.4 cm³/mol. The number of likely N-dealkylation sites (N-methyl/N-ethyl adjacent to an activating group) is 1. The summed E-state index contributed by atoms with van der Waals surface area (Å²) >= 11 is 12.0. The van der Waals surface area contributed by atoms with Crippen LogP contribution in [-0.4, -0.2) is 26.3 Å². The minimum atomic E-state index is 0.259. The molecule has 17 heavy (non-hydrogen) atoms. The molecule has 0 saturated carbocycles. The second-order valence-corrected chi connectivity index (χ2v) is 4.89. The predicted octanol–water partition coefficient (Wildman–Crippen LogP) is 3.94. The van der Waals surface area contributed by atoms with Crippen molar-refractivity contribution < 1.29 is 4.74 Å². The topological polar surface area (TPSA) is 12.5 Å². The van der Waals surface area contributed by atoms with Crippen molar-refractivity contribution in [2.24, 2.45) is 0 Å². The molecule has 1 rings (SSSR count). The molecule has 0 unspecified atom stereocenters. The molecule has 0 heterocycles. The molecule has 0 aromatic heterocycles. The van der Waals surface area contributed by atoms with Crippen LogP contribution in [0, 0.1) is 0 Å². The molecule has 0 amide bonds. The van der Waals surface area contributed by atoms with Crippen molar-refractivity contribution in [1.82, 2.24) is 0 Å². The molecule has 0 spiro atoms. The first kappa shape index (κ1) is 14.6. The van der Waals surface area contributed by atoms with Gasteiger partial charge >= 0.3 is 0 Å². The molecule has 2 nitrogen and oxygen atoms in total. The average Bonchev–Trinajstić information content (AvgIpc) is 2.28. The Morgan fingerprint density at radius 2 is 2.06 bits per heavy atom. The maximum Gasteiger partial charge on any atom is 0.0644 e. The molecule has 96 valence electrons. The van der Waals surface area contributed by atoms with E-state index in [0.717, 1.165) is 17.8 Å². The maximum absolute atomic E-state index is 6.12. The number of ether oxygens (including phenoxy) is 1. The van der Waals surface area contributed by atoms with Gasteiger partial charge in [0, 0.05) is 29.9 Å². The summed E-state index contributed by atoms with van der Waals surface area (Å²) < 4.78 is 5.53. The van der Waals surface area contributed by atoms with Crippen LogP contribution in [0.15, 0.2) is 18.2 Å². The van der Waals surface area contributed by atoms with Crippen LogP contribution in [0.25, 0.3) is 0 Å². The van der Waals surface area contributed by atoms with Gasteiger partial charge in [-0.05, 0) is 26.0 Å². The highest BCUT2D eigenvalue weighted by molar-refractivity contribution is 6.32. The van der Waals surface area contributed by atoms with E-state index in [1.165, 1.54) is 0 Å². The van der Waals surface area contributed by atoms with Crippen LogP contribution in [0.1, 0.15) is 19.4 Å². The van der Waals surface area contributed by atoms with E-state index in [4.69, 9.17) is 27.9 Å². The number of rotatable bonds is 6. The monoisotopic (exact) mass is 275 g/mol. The molecule has 0 aliphatic heterocycles.